The zero-order valence-corrected chi connectivity index (χ0v) is 12.8. The van der Waals surface area contributed by atoms with Gasteiger partial charge in [0.05, 0.1) is 11.2 Å². The van der Waals surface area contributed by atoms with Gasteiger partial charge in [-0.1, -0.05) is 6.07 Å². The highest BCUT2D eigenvalue weighted by Gasteiger charge is 2.08. The number of benzene rings is 1. The second-order valence-corrected chi connectivity index (χ2v) is 5.34. The van der Waals surface area contributed by atoms with E-state index in [1.807, 2.05) is 24.3 Å². The molecule has 120 valence electrons. The Bertz CT molecular complexity index is 772. The molecule has 1 aromatic carbocycles. The summed E-state index contributed by atoms with van der Waals surface area (Å²) in [7, 11) is 0. The highest BCUT2D eigenvalue weighted by atomic mass is 16.2. The van der Waals surface area contributed by atoms with Crippen molar-refractivity contribution in [3.8, 4) is 11.3 Å². The van der Waals surface area contributed by atoms with Crippen molar-refractivity contribution < 1.29 is 5.11 Å². The minimum absolute atomic E-state index is 0.236. The first-order valence-electron chi connectivity index (χ1n) is 7.69. The quantitative estimate of drug-likeness (QED) is 0.497. The molecule has 0 atom stereocenters. The molecular formula is C16H20N6O. The van der Waals surface area contributed by atoms with Crippen molar-refractivity contribution in [2.45, 2.75) is 19.3 Å². The lowest BCUT2D eigenvalue weighted by Crippen LogP contribution is -2.07. The third kappa shape index (κ3) is 3.57. The Morgan fingerprint density at radius 2 is 2.04 bits per heavy atom. The van der Waals surface area contributed by atoms with E-state index in [0.29, 0.717) is 0 Å². The average molecular weight is 312 g/mol. The van der Waals surface area contributed by atoms with E-state index in [2.05, 4.69) is 25.5 Å². The number of aromatic amines is 1. The molecule has 7 nitrogen and oxygen atoms in total. The Balaban J connectivity index is 1.84. The van der Waals surface area contributed by atoms with Gasteiger partial charge in [-0.3, -0.25) is 5.10 Å². The molecular weight excluding hydrogens is 292 g/mol. The van der Waals surface area contributed by atoms with Crippen LogP contribution in [0.25, 0.3) is 22.2 Å². The second kappa shape index (κ2) is 7.06. The number of hydrogen-bond donors (Lipinski definition) is 4. The number of aromatic nitrogens is 4. The fourth-order valence-electron chi connectivity index (χ4n) is 2.49. The molecule has 7 heteroatoms. The first-order chi connectivity index (χ1) is 11.3. The van der Waals surface area contributed by atoms with Crippen LogP contribution in [0.3, 0.4) is 0 Å². The number of nitrogen functional groups attached to an aromatic ring is 1. The highest BCUT2D eigenvalue weighted by Crippen LogP contribution is 2.26. The van der Waals surface area contributed by atoms with Crippen LogP contribution in [0.4, 0.5) is 11.8 Å². The first-order valence-corrected chi connectivity index (χ1v) is 7.69. The van der Waals surface area contributed by atoms with E-state index in [-0.39, 0.29) is 12.6 Å². The highest BCUT2D eigenvalue weighted by molar-refractivity contribution is 5.92. The Hall–Kier alpha value is -2.67. The minimum Gasteiger partial charge on any atom is -0.396 e. The SMILES string of the molecule is Nc1nc(NCCCCCO)c2ccc(-c3ccn[nH]3)cc2n1. The molecule has 5 N–H and O–H groups in total. The van der Waals surface area contributed by atoms with Crippen molar-refractivity contribution in [1.82, 2.24) is 20.2 Å². The van der Waals surface area contributed by atoms with Gasteiger partial charge >= 0.3 is 0 Å². The molecule has 0 spiro atoms. The second-order valence-electron chi connectivity index (χ2n) is 5.34. The van der Waals surface area contributed by atoms with E-state index in [0.717, 1.165) is 53.8 Å². The maximum atomic E-state index is 8.80. The third-order valence-corrected chi connectivity index (χ3v) is 3.65. The predicted molar refractivity (Wildman–Crippen MR) is 91.0 cm³/mol. The Kier molecular flexibility index (Phi) is 4.68. The molecule has 0 saturated carbocycles. The number of aliphatic hydroxyl groups is 1. The lowest BCUT2D eigenvalue weighted by atomic mass is 10.1. The Labute approximate surface area is 134 Å². The first kappa shape index (κ1) is 15.2. The Morgan fingerprint density at radius 3 is 2.83 bits per heavy atom. The third-order valence-electron chi connectivity index (χ3n) is 3.65. The summed E-state index contributed by atoms with van der Waals surface area (Å²) in [6.45, 7) is 1.02. The molecule has 0 aliphatic carbocycles. The molecule has 0 amide bonds. The normalized spacial score (nSPS) is 11.0. The monoisotopic (exact) mass is 312 g/mol. The van der Waals surface area contributed by atoms with Gasteiger partial charge in [-0.05, 0) is 37.5 Å². The fourth-order valence-corrected chi connectivity index (χ4v) is 2.49. The van der Waals surface area contributed by atoms with Gasteiger partial charge in [0.2, 0.25) is 5.95 Å². The van der Waals surface area contributed by atoms with E-state index < -0.39 is 0 Å². The van der Waals surface area contributed by atoms with Crippen LogP contribution in [0.1, 0.15) is 19.3 Å². The summed E-state index contributed by atoms with van der Waals surface area (Å²) in [4.78, 5) is 8.62. The topological polar surface area (TPSA) is 113 Å². The summed E-state index contributed by atoms with van der Waals surface area (Å²) in [6.07, 6.45) is 4.49. The van der Waals surface area contributed by atoms with Gasteiger partial charge in [-0.2, -0.15) is 10.1 Å². The molecule has 0 aliphatic heterocycles. The van der Waals surface area contributed by atoms with Crippen LogP contribution in [0.2, 0.25) is 0 Å². The van der Waals surface area contributed by atoms with Gasteiger partial charge < -0.3 is 16.2 Å². The van der Waals surface area contributed by atoms with E-state index in [1.165, 1.54) is 0 Å². The summed E-state index contributed by atoms with van der Waals surface area (Å²) in [5.74, 6) is 0.991. The maximum absolute atomic E-state index is 8.80. The molecule has 3 aromatic rings. The molecule has 0 radical (unpaired) electrons. The molecule has 0 aliphatic rings. The average Bonchev–Trinajstić information content (AvgIpc) is 3.08. The van der Waals surface area contributed by atoms with Crippen LogP contribution in [0.15, 0.2) is 30.5 Å². The number of hydrogen-bond acceptors (Lipinski definition) is 6. The zero-order chi connectivity index (χ0) is 16.1. The molecule has 2 aromatic heterocycles. The van der Waals surface area contributed by atoms with E-state index in [1.54, 1.807) is 6.20 Å². The lowest BCUT2D eigenvalue weighted by molar-refractivity contribution is 0.283. The number of fused-ring (bicyclic) bond motifs is 1. The van der Waals surface area contributed by atoms with Crippen molar-refractivity contribution in [2.75, 3.05) is 24.2 Å². The summed E-state index contributed by atoms with van der Waals surface area (Å²) in [5.41, 5.74) is 8.56. The molecule has 0 bridgehead atoms. The molecule has 3 rings (SSSR count). The Morgan fingerprint density at radius 1 is 1.13 bits per heavy atom. The number of nitrogens with two attached hydrogens (primary N) is 1. The zero-order valence-electron chi connectivity index (χ0n) is 12.8. The number of rotatable bonds is 7. The van der Waals surface area contributed by atoms with Gasteiger partial charge in [-0.15, -0.1) is 0 Å². The number of nitrogens with one attached hydrogen (secondary N) is 2. The standard InChI is InChI=1S/C16H20N6O/c17-16-20-14-10-11(13-6-8-19-22-13)4-5-12(14)15(21-16)18-7-2-1-3-9-23/h4-6,8,10,23H,1-3,7,9H2,(H,19,22)(H3,17,18,20,21). The van der Waals surface area contributed by atoms with Gasteiger partial charge in [0.15, 0.2) is 0 Å². The van der Waals surface area contributed by atoms with Gasteiger partial charge in [-0.25, -0.2) is 4.98 Å². The predicted octanol–water partition coefficient (Wildman–Crippen LogP) is 2.18. The van der Waals surface area contributed by atoms with Crippen LogP contribution < -0.4 is 11.1 Å². The lowest BCUT2D eigenvalue weighted by Gasteiger charge is -2.10. The van der Waals surface area contributed by atoms with Crippen LogP contribution >= 0.6 is 0 Å². The molecule has 0 saturated heterocycles. The minimum atomic E-state index is 0.236. The van der Waals surface area contributed by atoms with Gasteiger partial charge in [0.1, 0.15) is 5.82 Å². The van der Waals surface area contributed by atoms with Crippen molar-refractivity contribution in [1.29, 1.82) is 0 Å². The number of aliphatic hydroxyl groups excluding tert-OH is 1. The van der Waals surface area contributed by atoms with Crippen LogP contribution in [-0.4, -0.2) is 38.4 Å². The largest absolute Gasteiger partial charge is 0.396 e. The van der Waals surface area contributed by atoms with Crippen LogP contribution in [0.5, 0.6) is 0 Å². The van der Waals surface area contributed by atoms with Gasteiger partial charge in [0, 0.05) is 30.3 Å². The van der Waals surface area contributed by atoms with Crippen LogP contribution in [-0.2, 0) is 0 Å². The summed E-state index contributed by atoms with van der Waals surface area (Å²) in [5, 5.41) is 20.0. The van der Waals surface area contributed by atoms with Crippen molar-refractivity contribution in [3.63, 3.8) is 0 Å². The number of anilines is 2. The number of H-pyrrole nitrogens is 1. The van der Waals surface area contributed by atoms with E-state index in [4.69, 9.17) is 10.8 Å². The number of nitrogens with zero attached hydrogens (tertiary/aromatic N) is 3. The molecule has 23 heavy (non-hydrogen) atoms. The fraction of sp³-hybridized carbons (Fsp3) is 0.312. The molecule has 2 heterocycles. The molecule has 0 unspecified atom stereocenters. The maximum Gasteiger partial charge on any atom is 0.222 e. The van der Waals surface area contributed by atoms with E-state index in [9.17, 15) is 0 Å². The molecule has 0 fully saturated rings. The summed E-state index contributed by atoms with van der Waals surface area (Å²) in [6, 6.07) is 7.87. The van der Waals surface area contributed by atoms with Crippen molar-refractivity contribution >= 4 is 22.7 Å². The van der Waals surface area contributed by atoms with Crippen molar-refractivity contribution in [3.05, 3.63) is 30.5 Å². The van der Waals surface area contributed by atoms with Crippen LogP contribution in [0, 0.1) is 0 Å². The summed E-state index contributed by atoms with van der Waals surface area (Å²) < 4.78 is 0. The van der Waals surface area contributed by atoms with Crippen molar-refractivity contribution in [2.24, 2.45) is 0 Å². The number of unbranched alkanes of at least 4 members (excludes halogenated alkanes) is 2. The smallest absolute Gasteiger partial charge is 0.222 e. The van der Waals surface area contributed by atoms with E-state index >= 15 is 0 Å². The van der Waals surface area contributed by atoms with Gasteiger partial charge in [0.25, 0.3) is 0 Å². The summed E-state index contributed by atoms with van der Waals surface area (Å²) >= 11 is 0.